The van der Waals surface area contributed by atoms with Crippen molar-refractivity contribution in [2.24, 2.45) is 0 Å². The van der Waals surface area contributed by atoms with Crippen LogP contribution in [0.3, 0.4) is 0 Å². The molecule has 3 aromatic rings. The van der Waals surface area contributed by atoms with Gasteiger partial charge in [0, 0.05) is 30.3 Å². The molecule has 1 fully saturated rings. The summed E-state index contributed by atoms with van der Waals surface area (Å²) in [6.07, 6.45) is 6.05. The van der Waals surface area contributed by atoms with Crippen LogP contribution in [-0.2, 0) is 23.2 Å². The summed E-state index contributed by atoms with van der Waals surface area (Å²) >= 11 is 0. The lowest BCUT2D eigenvalue weighted by Gasteiger charge is -2.40. The van der Waals surface area contributed by atoms with Crippen molar-refractivity contribution >= 4 is 5.91 Å². The van der Waals surface area contributed by atoms with Crippen LogP contribution in [0, 0.1) is 13.8 Å². The Balaban J connectivity index is 1.41. The summed E-state index contributed by atoms with van der Waals surface area (Å²) in [4.78, 5) is 29.0. The quantitative estimate of drug-likeness (QED) is 0.673. The number of likely N-dealkylation sites (tertiary alicyclic amines) is 1. The van der Waals surface area contributed by atoms with Crippen LogP contribution >= 0.6 is 0 Å². The SMILES string of the molecule is Cc1nc(C)n(CC(=O)N2CCCC3(CCc4cnc(-c5ccccc5)nc43)C2)n1. The highest BCUT2D eigenvalue weighted by Gasteiger charge is 2.44. The van der Waals surface area contributed by atoms with Gasteiger partial charge in [-0.1, -0.05) is 30.3 Å². The molecule has 1 unspecified atom stereocenters. The van der Waals surface area contributed by atoms with E-state index in [4.69, 9.17) is 4.98 Å². The van der Waals surface area contributed by atoms with Gasteiger partial charge < -0.3 is 4.90 Å². The van der Waals surface area contributed by atoms with Crippen molar-refractivity contribution in [2.45, 2.75) is 51.5 Å². The van der Waals surface area contributed by atoms with Gasteiger partial charge in [0.05, 0.1) is 5.69 Å². The van der Waals surface area contributed by atoms with Gasteiger partial charge >= 0.3 is 0 Å². The maximum Gasteiger partial charge on any atom is 0.244 e. The van der Waals surface area contributed by atoms with Crippen molar-refractivity contribution in [3.05, 3.63) is 59.4 Å². The Kier molecular flexibility index (Phi) is 4.60. The third kappa shape index (κ3) is 3.28. The van der Waals surface area contributed by atoms with Gasteiger partial charge in [0.25, 0.3) is 0 Å². The molecule has 30 heavy (non-hydrogen) atoms. The summed E-state index contributed by atoms with van der Waals surface area (Å²) in [5.41, 5.74) is 3.33. The van der Waals surface area contributed by atoms with Crippen molar-refractivity contribution in [2.75, 3.05) is 13.1 Å². The molecule has 1 aliphatic heterocycles. The first-order chi connectivity index (χ1) is 14.5. The second-order valence-electron chi connectivity index (χ2n) is 8.50. The second kappa shape index (κ2) is 7.31. The van der Waals surface area contributed by atoms with Crippen molar-refractivity contribution < 1.29 is 4.79 Å². The average molecular weight is 403 g/mol. The third-order valence-corrected chi connectivity index (χ3v) is 6.45. The molecule has 3 heterocycles. The zero-order chi connectivity index (χ0) is 20.7. The van der Waals surface area contributed by atoms with Gasteiger partial charge in [-0.3, -0.25) is 4.79 Å². The summed E-state index contributed by atoms with van der Waals surface area (Å²) in [7, 11) is 0. The normalized spacial score (nSPS) is 20.5. The topological polar surface area (TPSA) is 76.8 Å². The second-order valence-corrected chi connectivity index (χ2v) is 8.50. The maximum atomic E-state index is 13.1. The standard InChI is InChI=1S/C23H26N6O/c1-16-25-17(2)29(27-16)14-20(30)28-12-6-10-23(15-28)11-9-19-13-24-22(26-21(19)23)18-7-4-3-5-8-18/h3-5,7-8,13H,6,9-12,14-15H2,1-2H3. The Morgan fingerprint density at radius 3 is 2.73 bits per heavy atom. The lowest BCUT2D eigenvalue weighted by molar-refractivity contribution is -0.134. The molecule has 5 rings (SSSR count). The number of nitrogens with zero attached hydrogens (tertiary/aromatic N) is 6. The van der Waals surface area contributed by atoms with Gasteiger partial charge in [-0.2, -0.15) is 5.10 Å². The lowest BCUT2D eigenvalue weighted by Crippen LogP contribution is -2.49. The molecule has 0 bridgehead atoms. The Morgan fingerprint density at radius 2 is 1.97 bits per heavy atom. The largest absolute Gasteiger partial charge is 0.340 e. The average Bonchev–Trinajstić information content (AvgIpc) is 3.27. The van der Waals surface area contributed by atoms with Crippen LogP contribution < -0.4 is 0 Å². The van der Waals surface area contributed by atoms with Crippen LogP contribution in [0.5, 0.6) is 0 Å². The van der Waals surface area contributed by atoms with E-state index < -0.39 is 0 Å². The number of hydrogen-bond acceptors (Lipinski definition) is 5. The zero-order valence-corrected chi connectivity index (χ0v) is 17.5. The lowest BCUT2D eigenvalue weighted by atomic mass is 9.77. The number of piperidine rings is 1. The fourth-order valence-electron chi connectivity index (χ4n) is 4.95. The van der Waals surface area contributed by atoms with E-state index in [-0.39, 0.29) is 17.9 Å². The van der Waals surface area contributed by atoms with Gasteiger partial charge in [0.1, 0.15) is 18.2 Å². The number of aromatic nitrogens is 5. The predicted octanol–water partition coefficient (Wildman–Crippen LogP) is 2.86. The molecular weight excluding hydrogens is 376 g/mol. The molecule has 0 radical (unpaired) electrons. The molecule has 1 aromatic carbocycles. The Labute approximate surface area is 176 Å². The van der Waals surface area contributed by atoms with E-state index in [9.17, 15) is 4.79 Å². The monoisotopic (exact) mass is 402 g/mol. The summed E-state index contributed by atoms with van der Waals surface area (Å²) in [5.74, 6) is 2.35. The van der Waals surface area contributed by atoms with Gasteiger partial charge in [-0.25, -0.2) is 19.6 Å². The minimum Gasteiger partial charge on any atom is -0.340 e. The number of rotatable bonds is 3. The molecule has 0 N–H and O–H groups in total. The smallest absolute Gasteiger partial charge is 0.244 e. The van der Waals surface area contributed by atoms with Crippen LogP contribution in [0.25, 0.3) is 11.4 Å². The molecule has 1 spiro atoms. The molecule has 7 nitrogen and oxygen atoms in total. The van der Waals surface area contributed by atoms with Crippen molar-refractivity contribution in [3.8, 4) is 11.4 Å². The third-order valence-electron chi connectivity index (χ3n) is 6.45. The van der Waals surface area contributed by atoms with E-state index in [1.165, 1.54) is 5.56 Å². The minimum absolute atomic E-state index is 0.0664. The summed E-state index contributed by atoms with van der Waals surface area (Å²) in [5, 5.41) is 4.35. The highest BCUT2D eigenvalue weighted by Crippen LogP contribution is 2.44. The molecule has 2 aliphatic rings. The van der Waals surface area contributed by atoms with E-state index in [2.05, 4.69) is 15.1 Å². The molecule has 7 heteroatoms. The fourth-order valence-corrected chi connectivity index (χ4v) is 4.95. The first-order valence-electron chi connectivity index (χ1n) is 10.6. The Bertz CT molecular complexity index is 1090. The number of benzene rings is 1. The summed E-state index contributed by atoms with van der Waals surface area (Å²) < 4.78 is 1.71. The number of carbonyl (C=O) groups excluding carboxylic acids is 1. The van der Waals surface area contributed by atoms with Crippen molar-refractivity contribution in [1.29, 1.82) is 0 Å². The molecule has 154 valence electrons. The van der Waals surface area contributed by atoms with Gasteiger partial charge in [0.15, 0.2) is 5.82 Å². The number of aryl methyl sites for hydroxylation is 3. The van der Waals surface area contributed by atoms with Gasteiger partial charge in [-0.15, -0.1) is 0 Å². The van der Waals surface area contributed by atoms with Crippen molar-refractivity contribution in [1.82, 2.24) is 29.6 Å². The van der Waals surface area contributed by atoms with Crippen LogP contribution in [0.4, 0.5) is 0 Å². The molecule has 1 amide bonds. The molecule has 1 saturated heterocycles. The van der Waals surface area contributed by atoms with Crippen LogP contribution in [-0.4, -0.2) is 48.6 Å². The minimum atomic E-state index is -0.0664. The van der Waals surface area contributed by atoms with E-state index in [0.29, 0.717) is 5.82 Å². The fraction of sp³-hybridized carbons (Fsp3) is 0.435. The first kappa shape index (κ1) is 18.9. The van der Waals surface area contributed by atoms with Crippen LogP contribution in [0.15, 0.2) is 36.5 Å². The van der Waals surface area contributed by atoms with E-state index >= 15 is 0 Å². The van der Waals surface area contributed by atoms with E-state index in [1.807, 2.05) is 55.3 Å². The van der Waals surface area contributed by atoms with Crippen LogP contribution in [0.2, 0.25) is 0 Å². The number of amides is 1. The van der Waals surface area contributed by atoms with Crippen molar-refractivity contribution in [3.63, 3.8) is 0 Å². The molecule has 0 saturated carbocycles. The number of hydrogen-bond donors (Lipinski definition) is 0. The highest BCUT2D eigenvalue weighted by atomic mass is 16.2. The first-order valence-corrected chi connectivity index (χ1v) is 10.6. The Morgan fingerprint density at radius 1 is 1.13 bits per heavy atom. The molecular formula is C23H26N6O. The molecule has 1 atom stereocenters. The highest BCUT2D eigenvalue weighted by molar-refractivity contribution is 5.76. The molecule has 2 aromatic heterocycles. The van der Waals surface area contributed by atoms with Gasteiger partial charge in [0.2, 0.25) is 5.91 Å². The van der Waals surface area contributed by atoms with E-state index in [1.54, 1.807) is 4.68 Å². The number of carbonyl (C=O) groups is 1. The predicted molar refractivity (Wildman–Crippen MR) is 113 cm³/mol. The zero-order valence-electron chi connectivity index (χ0n) is 17.5. The maximum absolute atomic E-state index is 13.1. The summed E-state index contributed by atoms with van der Waals surface area (Å²) in [6, 6.07) is 10.1. The Hall–Kier alpha value is -3.09. The summed E-state index contributed by atoms with van der Waals surface area (Å²) in [6.45, 7) is 5.49. The van der Waals surface area contributed by atoms with Crippen LogP contribution in [0.1, 0.15) is 42.2 Å². The van der Waals surface area contributed by atoms with Gasteiger partial charge in [-0.05, 0) is 45.1 Å². The molecule has 1 aliphatic carbocycles. The van der Waals surface area contributed by atoms with E-state index in [0.717, 1.165) is 61.7 Å². The number of fused-ring (bicyclic) bond motifs is 2.